The summed E-state index contributed by atoms with van der Waals surface area (Å²) in [6, 6.07) is 0. The van der Waals surface area contributed by atoms with E-state index in [4.69, 9.17) is 4.74 Å². The largest absolute Gasteiger partial charge is 0.443 e. The molecule has 0 bridgehead atoms. The molecule has 1 N–H and O–H groups in total. The Kier molecular flexibility index (Phi) is 2.41. The molecule has 1 heterocycles. The molecule has 1 saturated carbocycles. The number of amides is 1. The Morgan fingerprint density at radius 2 is 2.29 bits per heavy atom. The lowest BCUT2D eigenvalue weighted by molar-refractivity contribution is -0.0118. The molecule has 3 nitrogen and oxygen atoms in total. The number of hydrogen-bond donors (Lipinski definition) is 1. The second-order valence-electron chi connectivity index (χ2n) is 5.00. The third-order valence-corrected chi connectivity index (χ3v) is 3.71. The zero-order chi connectivity index (χ0) is 10.2. The summed E-state index contributed by atoms with van der Waals surface area (Å²) >= 11 is 0. The van der Waals surface area contributed by atoms with Crippen LogP contribution in [0.3, 0.4) is 0 Å². The first kappa shape index (κ1) is 9.81. The SMILES string of the molecule is CC(C)C1CCC2(CCNC(=O)O2)C1. The van der Waals surface area contributed by atoms with Crippen molar-refractivity contribution in [2.75, 3.05) is 6.54 Å². The number of carbonyl (C=O) groups is 1. The highest BCUT2D eigenvalue weighted by Crippen LogP contribution is 2.43. The first-order valence-electron chi connectivity index (χ1n) is 5.58. The third kappa shape index (κ3) is 1.72. The Morgan fingerprint density at radius 3 is 2.86 bits per heavy atom. The van der Waals surface area contributed by atoms with E-state index in [0.29, 0.717) is 5.92 Å². The maximum Gasteiger partial charge on any atom is 0.407 e. The van der Waals surface area contributed by atoms with Gasteiger partial charge in [-0.1, -0.05) is 13.8 Å². The normalized spacial score (nSPS) is 37.4. The molecule has 0 aromatic heterocycles. The lowest BCUT2D eigenvalue weighted by Gasteiger charge is -2.34. The second-order valence-corrected chi connectivity index (χ2v) is 5.00. The van der Waals surface area contributed by atoms with Gasteiger partial charge in [-0.15, -0.1) is 0 Å². The highest BCUT2D eigenvalue weighted by molar-refractivity contribution is 5.68. The molecule has 1 aliphatic carbocycles. The van der Waals surface area contributed by atoms with Crippen LogP contribution in [-0.4, -0.2) is 18.2 Å². The van der Waals surface area contributed by atoms with Crippen molar-refractivity contribution < 1.29 is 9.53 Å². The van der Waals surface area contributed by atoms with Crippen LogP contribution >= 0.6 is 0 Å². The van der Waals surface area contributed by atoms with Gasteiger partial charge in [-0.25, -0.2) is 4.79 Å². The summed E-state index contributed by atoms with van der Waals surface area (Å²) in [7, 11) is 0. The molecule has 80 valence electrons. The molecule has 2 rings (SSSR count). The minimum Gasteiger partial charge on any atom is -0.443 e. The first-order valence-corrected chi connectivity index (χ1v) is 5.58. The van der Waals surface area contributed by atoms with Crippen molar-refractivity contribution in [2.45, 2.75) is 45.1 Å². The van der Waals surface area contributed by atoms with Crippen LogP contribution in [0, 0.1) is 11.8 Å². The van der Waals surface area contributed by atoms with E-state index in [1.807, 2.05) is 0 Å². The van der Waals surface area contributed by atoms with Gasteiger partial charge in [0.1, 0.15) is 5.60 Å². The van der Waals surface area contributed by atoms with Gasteiger partial charge in [0.15, 0.2) is 0 Å². The zero-order valence-corrected chi connectivity index (χ0v) is 9.01. The predicted molar refractivity (Wildman–Crippen MR) is 54.0 cm³/mol. The number of hydrogen-bond acceptors (Lipinski definition) is 2. The third-order valence-electron chi connectivity index (χ3n) is 3.71. The predicted octanol–water partition coefficient (Wildman–Crippen LogP) is 2.31. The van der Waals surface area contributed by atoms with Crippen LogP contribution in [-0.2, 0) is 4.74 Å². The van der Waals surface area contributed by atoms with Gasteiger partial charge in [-0.05, 0) is 31.1 Å². The highest BCUT2D eigenvalue weighted by atomic mass is 16.6. The maximum absolute atomic E-state index is 11.2. The van der Waals surface area contributed by atoms with E-state index >= 15 is 0 Å². The molecule has 2 aliphatic rings. The van der Waals surface area contributed by atoms with Crippen molar-refractivity contribution in [1.29, 1.82) is 0 Å². The fourth-order valence-electron chi connectivity index (χ4n) is 2.70. The average molecular weight is 197 g/mol. The zero-order valence-electron chi connectivity index (χ0n) is 9.01. The van der Waals surface area contributed by atoms with E-state index in [2.05, 4.69) is 19.2 Å². The smallest absolute Gasteiger partial charge is 0.407 e. The first-order chi connectivity index (χ1) is 6.61. The summed E-state index contributed by atoms with van der Waals surface area (Å²) in [4.78, 5) is 11.2. The molecule has 0 radical (unpaired) electrons. The molecule has 2 atom stereocenters. The van der Waals surface area contributed by atoms with Gasteiger partial charge in [-0.3, -0.25) is 0 Å². The van der Waals surface area contributed by atoms with E-state index in [0.717, 1.165) is 31.7 Å². The molecule has 0 aromatic rings. The number of rotatable bonds is 1. The Bertz CT molecular complexity index is 239. The summed E-state index contributed by atoms with van der Waals surface area (Å²) in [6.07, 6.45) is 4.11. The highest BCUT2D eigenvalue weighted by Gasteiger charge is 2.44. The van der Waals surface area contributed by atoms with Crippen molar-refractivity contribution in [3.63, 3.8) is 0 Å². The fraction of sp³-hybridized carbons (Fsp3) is 0.909. The van der Waals surface area contributed by atoms with Crippen LogP contribution < -0.4 is 5.32 Å². The van der Waals surface area contributed by atoms with Gasteiger partial charge >= 0.3 is 6.09 Å². The van der Waals surface area contributed by atoms with Crippen LogP contribution in [0.1, 0.15) is 39.5 Å². The van der Waals surface area contributed by atoms with Crippen LogP contribution in [0.2, 0.25) is 0 Å². The van der Waals surface area contributed by atoms with E-state index < -0.39 is 0 Å². The van der Waals surface area contributed by atoms with Gasteiger partial charge in [0.2, 0.25) is 0 Å². The molecule has 1 saturated heterocycles. The molecule has 2 unspecified atom stereocenters. The topological polar surface area (TPSA) is 38.3 Å². The summed E-state index contributed by atoms with van der Waals surface area (Å²) in [5, 5.41) is 2.72. The molecular weight excluding hydrogens is 178 g/mol. The Labute approximate surface area is 85.2 Å². The Balaban J connectivity index is 2.01. The summed E-state index contributed by atoms with van der Waals surface area (Å²) in [5.41, 5.74) is -0.114. The number of carbonyl (C=O) groups excluding carboxylic acids is 1. The van der Waals surface area contributed by atoms with Gasteiger partial charge in [0.25, 0.3) is 0 Å². The van der Waals surface area contributed by atoms with Crippen molar-refractivity contribution in [2.24, 2.45) is 11.8 Å². The lowest BCUT2D eigenvalue weighted by Crippen LogP contribution is -2.45. The summed E-state index contributed by atoms with van der Waals surface area (Å²) in [6.45, 7) is 5.29. The Morgan fingerprint density at radius 1 is 1.50 bits per heavy atom. The molecule has 1 amide bonds. The van der Waals surface area contributed by atoms with Crippen LogP contribution in [0.15, 0.2) is 0 Å². The second kappa shape index (κ2) is 3.44. The number of ether oxygens (including phenoxy) is 1. The van der Waals surface area contributed by atoms with Gasteiger partial charge < -0.3 is 10.1 Å². The van der Waals surface area contributed by atoms with E-state index in [-0.39, 0.29) is 11.7 Å². The summed E-state index contributed by atoms with van der Waals surface area (Å²) < 4.78 is 5.47. The van der Waals surface area contributed by atoms with Crippen molar-refractivity contribution in [3.8, 4) is 0 Å². The maximum atomic E-state index is 11.2. The van der Waals surface area contributed by atoms with Crippen molar-refractivity contribution in [3.05, 3.63) is 0 Å². The van der Waals surface area contributed by atoms with Crippen molar-refractivity contribution >= 4 is 6.09 Å². The molecule has 1 spiro atoms. The number of nitrogens with one attached hydrogen (secondary N) is 1. The summed E-state index contributed by atoms with van der Waals surface area (Å²) in [5.74, 6) is 1.45. The molecule has 1 aliphatic heterocycles. The van der Waals surface area contributed by atoms with Crippen molar-refractivity contribution in [1.82, 2.24) is 5.32 Å². The van der Waals surface area contributed by atoms with Crippen LogP contribution in [0.4, 0.5) is 4.79 Å². The fourth-order valence-corrected chi connectivity index (χ4v) is 2.70. The minimum atomic E-state index is -0.222. The molecular formula is C11H19NO2. The molecule has 3 heteroatoms. The quantitative estimate of drug-likeness (QED) is 0.700. The van der Waals surface area contributed by atoms with E-state index in [1.165, 1.54) is 6.42 Å². The number of alkyl carbamates (subject to hydrolysis) is 1. The Hall–Kier alpha value is -0.730. The minimum absolute atomic E-state index is 0.114. The monoisotopic (exact) mass is 197 g/mol. The van der Waals surface area contributed by atoms with Gasteiger partial charge in [-0.2, -0.15) is 0 Å². The van der Waals surface area contributed by atoms with E-state index in [1.54, 1.807) is 0 Å². The molecule has 0 aromatic carbocycles. The molecule has 2 fully saturated rings. The van der Waals surface area contributed by atoms with E-state index in [9.17, 15) is 4.79 Å². The molecule has 14 heavy (non-hydrogen) atoms. The van der Waals surface area contributed by atoms with Crippen LogP contribution in [0.5, 0.6) is 0 Å². The van der Waals surface area contributed by atoms with Crippen LogP contribution in [0.25, 0.3) is 0 Å². The average Bonchev–Trinajstić information content (AvgIpc) is 2.49. The van der Waals surface area contributed by atoms with Gasteiger partial charge in [0, 0.05) is 13.0 Å². The standard InChI is InChI=1S/C11H19NO2/c1-8(2)9-3-4-11(7-9)5-6-12-10(13)14-11/h8-9H,3-7H2,1-2H3,(H,12,13). The van der Waals surface area contributed by atoms with Gasteiger partial charge in [0.05, 0.1) is 0 Å². The lowest BCUT2D eigenvalue weighted by atomic mass is 9.90.